The molecule has 3 N–H and O–H groups in total. The molecule has 3 nitrogen and oxygen atoms in total. The fourth-order valence-electron chi connectivity index (χ4n) is 2.67. The van der Waals surface area contributed by atoms with Crippen molar-refractivity contribution in [1.29, 1.82) is 0 Å². The highest BCUT2D eigenvalue weighted by molar-refractivity contribution is 5.85. The van der Waals surface area contributed by atoms with Crippen LogP contribution in [0.5, 0.6) is 5.75 Å². The Morgan fingerprint density at radius 1 is 1.10 bits per heavy atom. The number of halogens is 1. The second kappa shape index (κ2) is 6.27. The fourth-order valence-corrected chi connectivity index (χ4v) is 2.67. The van der Waals surface area contributed by atoms with Crippen molar-refractivity contribution >= 4 is 12.4 Å². The van der Waals surface area contributed by atoms with Gasteiger partial charge in [-0.05, 0) is 17.2 Å². The van der Waals surface area contributed by atoms with Gasteiger partial charge in [0.15, 0.2) is 0 Å². The number of ether oxygens (including phenoxy) is 1. The molecule has 0 amide bonds. The summed E-state index contributed by atoms with van der Waals surface area (Å²) in [6, 6.07) is 15.6. The van der Waals surface area contributed by atoms with E-state index in [1.165, 1.54) is 0 Å². The Labute approximate surface area is 124 Å². The normalized spacial score (nSPS) is 20.9. The topological polar surface area (TPSA) is 55.5 Å². The van der Waals surface area contributed by atoms with Gasteiger partial charge in [-0.25, -0.2) is 0 Å². The molecule has 1 aliphatic heterocycles. The molecule has 0 unspecified atom stereocenters. The van der Waals surface area contributed by atoms with Gasteiger partial charge in [-0.3, -0.25) is 0 Å². The van der Waals surface area contributed by atoms with Crippen LogP contribution < -0.4 is 5.73 Å². The smallest absolute Gasteiger partial charge is 0.119 e. The quantitative estimate of drug-likeness (QED) is 0.894. The van der Waals surface area contributed by atoms with Gasteiger partial charge in [0.2, 0.25) is 0 Å². The lowest BCUT2D eigenvalue weighted by atomic mass is 9.90. The van der Waals surface area contributed by atoms with Crippen LogP contribution in [0, 0.1) is 0 Å². The molecule has 2 aromatic carbocycles. The minimum absolute atomic E-state index is 0. The molecule has 0 aromatic heterocycles. The summed E-state index contributed by atoms with van der Waals surface area (Å²) in [7, 11) is 0. The lowest BCUT2D eigenvalue weighted by molar-refractivity contribution is -0.0229. The Kier molecular flexibility index (Phi) is 4.65. The summed E-state index contributed by atoms with van der Waals surface area (Å²) >= 11 is 0. The van der Waals surface area contributed by atoms with Crippen LogP contribution in [0.4, 0.5) is 0 Å². The van der Waals surface area contributed by atoms with Crippen molar-refractivity contribution < 1.29 is 9.84 Å². The SMILES string of the molecule is Cl.NC[C@@H]1O[C@H](c2ccccc2)Cc2c(O)cccc21. The number of phenolic OH excluding ortho intramolecular Hbond substituents is 1. The van der Waals surface area contributed by atoms with Gasteiger partial charge >= 0.3 is 0 Å². The first-order valence-electron chi connectivity index (χ1n) is 6.51. The Bertz CT molecular complexity index is 574. The molecule has 1 aliphatic rings. The third-order valence-corrected chi connectivity index (χ3v) is 3.64. The molecule has 0 bridgehead atoms. The average Bonchev–Trinajstić information content (AvgIpc) is 2.48. The van der Waals surface area contributed by atoms with E-state index in [0.717, 1.165) is 16.7 Å². The van der Waals surface area contributed by atoms with E-state index in [1.54, 1.807) is 6.07 Å². The summed E-state index contributed by atoms with van der Waals surface area (Å²) in [6.07, 6.45) is 0.485. The van der Waals surface area contributed by atoms with Gasteiger partial charge in [-0.15, -0.1) is 12.4 Å². The third kappa shape index (κ3) is 2.66. The summed E-state index contributed by atoms with van der Waals surface area (Å²) < 4.78 is 6.07. The van der Waals surface area contributed by atoms with Gasteiger partial charge in [0.1, 0.15) is 5.75 Å². The number of aromatic hydroxyl groups is 1. The predicted octanol–water partition coefficient (Wildman–Crippen LogP) is 3.13. The second-order valence-electron chi connectivity index (χ2n) is 4.81. The molecule has 20 heavy (non-hydrogen) atoms. The van der Waals surface area contributed by atoms with Crippen molar-refractivity contribution in [3.05, 3.63) is 65.2 Å². The van der Waals surface area contributed by atoms with Crippen LogP contribution >= 0.6 is 12.4 Å². The highest BCUT2D eigenvalue weighted by Gasteiger charge is 2.29. The zero-order valence-electron chi connectivity index (χ0n) is 11.0. The average molecular weight is 292 g/mol. The minimum atomic E-state index is -0.152. The number of nitrogens with two attached hydrogens (primary N) is 1. The molecule has 0 radical (unpaired) electrons. The minimum Gasteiger partial charge on any atom is -0.508 e. The molecule has 106 valence electrons. The molecule has 2 atom stereocenters. The first-order valence-corrected chi connectivity index (χ1v) is 6.51. The number of hydrogen-bond donors (Lipinski definition) is 2. The van der Waals surface area contributed by atoms with E-state index < -0.39 is 0 Å². The second-order valence-corrected chi connectivity index (χ2v) is 4.81. The molecule has 3 rings (SSSR count). The fraction of sp³-hybridized carbons (Fsp3) is 0.250. The van der Waals surface area contributed by atoms with Gasteiger partial charge in [-0.2, -0.15) is 0 Å². The van der Waals surface area contributed by atoms with Gasteiger partial charge in [0.25, 0.3) is 0 Å². The highest BCUT2D eigenvalue weighted by atomic mass is 35.5. The van der Waals surface area contributed by atoms with Crippen molar-refractivity contribution in [2.75, 3.05) is 6.54 Å². The molecule has 0 saturated carbocycles. The number of hydrogen-bond acceptors (Lipinski definition) is 3. The van der Waals surface area contributed by atoms with Crippen LogP contribution in [0.1, 0.15) is 28.9 Å². The van der Waals surface area contributed by atoms with Crippen LogP contribution in [0.25, 0.3) is 0 Å². The summed E-state index contributed by atoms with van der Waals surface area (Å²) in [5.41, 5.74) is 8.89. The first kappa shape index (κ1) is 14.9. The van der Waals surface area contributed by atoms with Crippen LogP contribution in [0.3, 0.4) is 0 Å². The van der Waals surface area contributed by atoms with Crippen LogP contribution in [0.15, 0.2) is 48.5 Å². The van der Waals surface area contributed by atoms with E-state index in [0.29, 0.717) is 18.7 Å². The van der Waals surface area contributed by atoms with Crippen LogP contribution in [0.2, 0.25) is 0 Å². The largest absolute Gasteiger partial charge is 0.508 e. The molecule has 0 fully saturated rings. The van der Waals surface area contributed by atoms with E-state index in [-0.39, 0.29) is 24.6 Å². The number of benzene rings is 2. The van der Waals surface area contributed by atoms with Gasteiger partial charge in [0.05, 0.1) is 12.2 Å². The molecule has 1 heterocycles. The van der Waals surface area contributed by atoms with Gasteiger partial charge in [-0.1, -0.05) is 42.5 Å². The van der Waals surface area contributed by atoms with E-state index >= 15 is 0 Å². The maximum Gasteiger partial charge on any atom is 0.119 e. The summed E-state index contributed by atoms with van der Waals surface area (Å²) in [5, 5.41) is 10.0. The standard InChI is InChI=1S/C16H17NO2.ClH/c17-10-16-12-7-4-8-14(18)13(12)9-15(19-16)11-5-2-1-3-6-11;/h1-8,15-16,18H,9-10,17H2;1H/t15-,16-;/m0./s1. The van der Waals surface area contributed by atoms with Crippen molar-refractivity contribution in [3.8, 4) is 5.75 Å². The third-order valence-electron chi connectivity index (χ3n) is 3.64. The van der Waals surface area contributed by atoms with E-state index in [1.807, 2.05) is 42.5 Å². The zero-order chi connectivity index (χ0) is 13.2. The molecular formula is C16H18ClNO2. The highest BCUT2D eigenvalue weighted by Crippen LogP contribution is 2.40. The number of phenols is 1. The first-order chi connectivity index (χ1) is 9.29. The Hall–Kier alpha value is -1.55. The van der Waals surface area contributed by atoms with Gasteiger partial charge in [0, 0.05) is 18.5 Å². The lowest BCUT2D eigenvalue weighted by Crippen LogP contribution is -2.25. The van der Waals surface area contributed by atoms with Crippen LogP contribution in [-0.2, 0) is 11.2 Å². The monoisotopic (exact) mass is 291 g/mol. The van der Waals surface area contributed by atoms with E-state index in [9.17, 15) is 5.11 Å². The predicted molar refractivity (Wildman–Crippen MR) is 81.1 cm³/mol. The van der Waals surface area contributed by atoms with Crippen molar-refractivity contribution in [2.24, 2.45) is 5.73 Å². The Balaban J connectivity index is 0.00000147. The van der Waals surface area contributed by atoms with Crippen molar-refractivity contribution in [1.82, 2.24) is 0 Å². The molecular weight excluding hydrogens is 274 g/mol. The summed E-state index contributed by atoms with van der Waals surface area (Å²) in [5.74, 6) is 0.334. The maximum absolute atomic E-state index is 10.0. The van der Waals surface area contributed by atoms with Crippen molar-refractivity contribution in [3.63, 3.8) is 0 Å². The van der Waals surface area contributed by atoms with Crippen LogP contribution in [-0.4, -0.2) is 11.7 Å². The zero-order valence-corrected chi connectivity index (χ0v) is 11.8. The lowest BCUT2D eigenvalue weighted by Gasteiger charge is -2.32. The summed E-state index contributed by atoms with van der Waals surface area (Å²) in [4.78, 5) is 0. The van der Waals surface area contributed by atoms with Gasteiger partial charge < -0.3 is 15.6 Å². The molecule has 4 heteroatoms. The molecule has 0 saturated heterocycles. The Morgan fingerprint density at radius 2 is 1.85 bits per heavy atom. The maximum atomic E-state index is 10.0. The Morgan fingerprint density at radius 3 is 2.55 bits per heavy atom. The van der Waals surface area contributed by atoms with Crippen molar-refractivity contribution in [2.45, 2.75) is 18.6 Å². The number of rotatable bonds is 2. The molecule has 0 aliphatic carbocycles. The van der Waals surface area contributed by atoms with E-state index in [2.05, 4.69) is 0 Å². The molecule has 0 spiro atoms. The van der Waals surface area contributed by atoms with E-state index in [4.69, 9.17) is 10.5 Å². The summed E-state index contributed by atoms with van der Waals surface area (Å²) in [6.45, 7) is 0.416. The number of fused-ring (bicyclic) bond motifs is 1. The molecule has 2 aromatic rings.